The van der Waals surface area contributed by atoms with Crippen molar-refractivity contribution < 1.29 is 0 Å². The second kappa shape index (κ2) is 7.88. The first-order valence-corrected chi connectivity index (χ1v) is 9.62. The molecular formula is C20H20N8S. The Morgan fingerprint density at radius 2 is 2.03 bits per heavy atom. The summed E-state index contributed by atoms with van der Waals surface area (Å²) in [5.74, 6) is 0. The van der Waals surface area contributed by atoms with Crippen molar-refractivity contribution in [3.05, 3.63) is 59.9 Å². The van der Waals surface area contributed by atoms with Gasteiger partial charge >= 0.3 is 0 Å². The number of hydrogen-bond donors (Lipinski definition) is 1. The number of nitrogens with two attached hydrogens (primary N) is 1. The predicted octanol–water partition coefficient (Wildman–Crippen LogP) is 2.71. The second-order valence-electron chi connectivity index (χ2n) is 6.56. The molecule has 3 heterocycles. The molecule has 2 N–H and O–H groups in total. The van der Waals surface area contributed by atoms with E-state index in [1.807, 2.05) is 50.2 Å². The average Bonchev–Trinajstić information content (AvgIpc) is 3.13. The van der Waals surface area contributed by atoms with E-state index in [0.29, 0.717) is 24.4 Å². The van der Waals surface area contributed by atoms with E-state index >= 15 is 0 Å². The molecule has 146 valence electrons. The van der Waals surface area contributed by atoms with Crippen LogP contribution in [0, 0.1) is 0 Å². The Morgan fingerprint density at radius 1 is 1.21 bits per heavy atom. The van der Waals surface area contributed by atoms with E-state index in [1.165, 1.54) is 0 Å². The molecule has 0 bridgehead atoms. The van der Waals surface area contributed by atoms with Gasteiger partial charge in [-0.05, 0) is 62.0 Å². The molecular weight excluding hydrogens is 384 g/mol. The summed E-state index contributed by atoms with van der Waals surface area (Å²) >= 11 is 5.02. The van der Waals surface area contributed by atoms with Crippen molar-refractivity contribution in [2.75, 3.05) is 6.54 Å². The van der Waals surface area contributed by atoms with Gasteiger partial charge in [-0.15, -0.1) is 5.10 Å². The first kappa shape index (κ1) is 18.9. The lowest BCUT2D eigenvalue weighted by Gasteiger charge is -2.15. The van der Waals surface area contributed by atoms with Gasteiger partial charge in [0.1, 0.15) is 5.52 Å². The van der Waals surface area contributed by atoms with Crippen molar-refractivity contribution in [2.45, 2.75) is 20.4 Å². The summed E-state index contributed by atoms with van der Waals surface area (Å²) in [4.78, 5) is 9.09. The van der Waals surface area contributed by atoms with E-state index in [0.717, 1.165) is 27.7 Å². The number of thiocarbonyl (C=S) groups is 1. The van der Waals surface area contributed by atoms with Crippen molar-refractivity contribution in [3.8, 4) is 0 Å². The maximum atomic E-state index is 5.70. The first-order chi connectivity index (χ1) is 14.0. The van der Waals surface area contributed by atoms with Crippen LogP contribution in [0.3, 0.4) is 0 Å². The molecule has 0 fully saturated rings. The summed E-state index contributed by atoms with van der Waals surface area (Å²) in [5, 5.41) is 15.9. The minimum Gasteiger partial charge on any atom is -0.375 e. The molecule has 29 heavy (non-hydrogen) atoms. The van der Waals surface area contributed by atoms with Crippen molar-refractivity contribution in [1.29, 1.82) is 0 Å². The molecule has 0 radical (unpaired) electrons. The zero-order chi connectivity index (χ0) is 20.4. The van der Waals surface area contributed by atoms with Crippen LogP contribution in [0.1, 0.15) is 25.1 Å². The molecule has 0 atom stereocenters. The summed E-state index contributed by atoms with van der Waals surface area (Å²) in [6.45, 7) is 4.96. The molecule has 0 unspecified atom stereocenters. The summed E-state index contributed by atoms with van der Waals surface area (Å²) in [6.07, 6.45) is 1.79. The van der Waals surface area contributed by atoms with Gasteiger partial charge in [0, 0.05) is 18.1 Å². The van der Waals surface area contributed by atoms with Crippen LogP contribution in [-0.2, 0) is 6.54 Å². The molecule has 1 aromatic carbocycles. The second-order valence-corrected chi connectivity index (χ2v) is 6.97. The lowest BCUT2D eigenvalue weighted by atomic mass is 10.1. The molecule has 0 aliphatic rings. The van der Waals surface area contributed by atoms with Gasteiger partial charge < -0.3 is 5.73 Å². The monoisotopic (exact) mass is 404 g/mol. The van der Waals surface area contributed by atoms with Crippen molar-refractivity contribution in [2.24, 2.45) is 10.8 Å². The minimum absolute atomic E-state index is 0.227. The van der Waals surface area contributed by atoms with Gasteiger partial charge in [0.25, 0.3) is 0 Å². The number of hydrogen-bond acceptors (Lipinski definition) is 6. The summed E-state index contributed by atoms with van der Waals surface area (Å²) in [5.41, 5.74) is 10.6. The summed E-state index contributed by atoms with van der Waals surface area (Å²) in [7, 11) is 0. The summed E-state index contributed by atoms with van der Waals surface area (Å²) < 4.78 is 1.79. The maximum Gasteiger partial charge on any atom is 0.186 e. The molecule has 9 heteroatoms. The SMILES string of the molecule is CCN(/N=C(/C)c1ccc2nnn(Cc3ccc4ncccc4c3)c2n1)C(N)=S. The lowest BCUT2D eigenvalue weighted by Crippen LogP contribution is -2.31. The molecule has 4 rings (SSSR count). The highest BCUT2D eigenvalue weighted by Gasteiger charge is 2.11. The first-order valence-electron chi connectivity index (χ1n) is 9.21. The van der Waals surface area contributed by atoms with E-state index in [-0.39, 0.29) is 5.11 Å². The normalized spacial score (nSPS) is 11.9. The lowest BCUT2D eigenvalue weighted by molar-refractivity contribution is 0.474. The Balaban J connectivity index is 1.67. The molecule has 0 saturated heterocycles. The highest BCUT2D eigenvalue weighted by Crippen LogP contribution is 2.16. The van der Waals surface area contributed by atoms with Crippen LogP contribution >= 0.6 is 12.2 Å². The molecule has 0 spiro atoms. The van der Waals surface area contributed by atoms with Crippen LogP contribution < -0.4 is 5.73 Å². The van der Waals surface area contributed by atoms with E-state index < -0.39 is 0 Å². The van der Waals surface area contributed by atoms with E-state index in [9.17, 15) is 0 Å². The molecule has 0 amide bonds. The third-order valence-corrected chi connectivity index (χ3v) is 4.77. The number of pyridine rings is 2. The fourth-order valence-corrected chi connectivity index (χ4v) is 3.24. The van der Waals surface area contributed by atoms with Gasteiger partial charge in [0.15, 0.2) is 10.8 Å². The van der Waals surface area contributed by atoms with Gasteiger partial charge in [0.2, 0.25) is 0 Å². The zero-order valence-electron chi connectivity index (χ0n) is 16.1. The zero-order valence-corrected chi connectivity index (χ0v) is 17.0. The fraction of sp³-hybridized carbons (Fsp3) is 0.200. The van der Waals surface area contributed by atoms with Crippen LogP contribution in [0.5, 0.6) is 0 Å². The quantitative estimate of drug-likeness (QED) is 0.310. The average molecular weight is 405 g/mol. The third-order valence-electron chi connectivity index (χ3n) is 4.55. The number of aromatic nitrogens is 5. The maximum absolute atomic E-state index is 5.70. The highest BCUT2D eigenvalue weighted by atomic mass is 32.1. The molecule has 4 aromatic rings. The van der Waals surface area contributed by atoms with Crippen molar-refractivity contribution in [1.82, 2.24) is 30.0 Å². The summed E-state index contributed by atoms with van der Waals surface area (Å²) in [6, 6.07) is 13.9. The number of fused-ring (bicyclic) bond motifs is 2. The standard InChI is InChI=1S/C20H20N8S/c1-3-27(20(21)29)25-13(2)16-8-9-18-19(23-16)28(26-24-18)12-14-6-7-17-15(11-14)5-4-10-22-17/h4-11H,3,12H2,1-2H3,(H2,21,29)/b25-13-. The van der Waals surface area contributed by atoms with Crippen LogP contribution in [-0.4, -0.2) is 47.3 Å². The predicted molar refractivity (Wildman–Crippen MR) is 118 cm³/mol. The highest BCUT2D eigenvalue weighted by molar-refractivity contribution is 7.80. The van der Waals surface area contributed by atoms with Gasteiger partial charge in [0.05, 0.1) is 23.5 Å². The molecule has 8 nitrogen and oxygen atoms in total. The fourth-order valence-electron chi connectivity index (χ4n) is 3.07. The topological polar surface area (TPSA) is 98.1 Å². The van der Waals surface area contributed by atoms with E-state index in [4.69, 9.17) is 22.9 Å². The minimum atomic E-state index is 0.227. The Bertz CT molecular complexity index is 1230. The van der Waals surface area contributed by atoms with Gasteiger partial charge in [-0.1, -0.05) is 17.3 Å². The third kappa shape index (κ3) is 3.90. The molecule has 0 saturated carbocycles. The van der Waals surface area contributed by atoms with Crippen molar-refractivity contribution in [3.63, 3.8) is 0 Å². The Morgan fingerprint density at radius 3 is 2.83 bits per heavy atom. The van der Waals surface area contributed by atoms with Gasteiger partial charge in [-0.2, -0.15) is 5.10 Å². The number of benzene rings is 1. The van der Waals surface area contributed by atoms with E-state index in [2.05, 4.69) is 26.5 Å². The number of hydrazone groups is 1. The smallest absolute Gasteiger partial charge is 0.186 e. The number of rotatable bonds is 5. The molecule has 0 aliphatic heterocycles. The molecule has 3 aromatic heterocycles. The molecule has 0 aliphatic carbocycles. The van der Waals surface area contributed by atoms with E-state index in [1.54, 1.807) is 15.9 Å². The Kier molecular flexibility index (Phi) is 5.13. The van der Waals surface area contributed by atoms with Gasteiger partial charge in [-0.25, -0.2) is 14.7 Å². The van der Waals surface area contributed by atoms with Crippen molar-refractivity contribution >= 4 is 45.1 Å². The van der Waals surface area contributed by atoms with Crippen LogP contribution in [0.25, 0.3) is 22.1 Å². The largest absolute Gasteiger partial charge is 0.375 e. The van der Waals surface area contributed by atoms with Crippen LogP contribution in [0.2, 0.25) is 0 Å². The Hall–Kier alpha value is -3.46. The Labute approximate surface area is 173 Å². The van der Waals surface area contributed by atoms with Gasteiger partial charge in [-0.3, -0.25) is 4.98 Å². The number of nitrogens with zero attached hydrogens (tertiary/aromatic N) is 7. The van der Waals surface area contributed by atoms with Crippen LogP contribution in [0.4, 0.5) is 0 Å². The van der Waals surface area contributed by atoms with Crippen LogP contribution in [0.15, 0.2) is 53.8 Å².